The van der Waals surface area contributed by atoms with E-state index in [0.717, 1.165) is 11.1 Å². The first-order chi connectivity index (χ1) is 14.0. The molecular weight excluding hydrogens is 366 g/mol. The van der Waals surface area contributed by atoms with Gasteiger partial charge in [-0.2, -0.15) is 0 Å². The summed E-state index contributed by atoms with van der Waals surface area (Å²) in [6.45, 7) is 3.89. The third-order valence-corrected chi connectivity index (χ3v) is 4.72. The van der Waals surface area contributed by atoms with Crippen LogP contribution < -0.4 is 10.2 Å². The first-order valence-electron chi connectivity index (χ1n) is 9.62. The Morgan fingerprint density at radius 2 is 1.62 bits per heavy atom. The summed E-state index contributed by atoms with van der Waals surface area (Å²) < 4.78 is 5.04. The molecule has 0 fully saturated rings. The summed E-state index contributed by atoms with van der Waals surface area (Å²) in [5, 5.41) is 6.80. The molecule has 0 atom stereocenters. The molecule has 0 aliphatic carbocycles. The predicted octanol–water partition coefficient (Wildman–Crippen LogP) is 3.67. The number of amides is 2. The minimum absolute atomic E-state index is 0.0282. The highest BCUT2D eigenvalue weighted by Crippen LogP contribution is 2.27. The lowest BCUT2D eigenvalue weighted by atomic mass is 9.88. The lowest BCUT2D eigenvalue weighted by molar-refractivity contribution is -0.121. The highest BCUT2D eigenvalue weighted by atomic mass is 16.5. The van der Waals surface area contributed by atoms with Gasteiger partial charge in [0.1, 0.15) is 5.76 Å². The van der Waals surface area contributed by atoms with Crippen molar-refractivity contribution in [2.75, 3.05) is 18.0 Å². The summed E-state index contributed by atoms with van der Waals surface area (Å²) in [7, 11) is 0. The molecule has 29 heavy (non-hydrogen) atoms. The summed E-state index contributed by atoms with van der Waals surface area (Å²) >= 11 is 0. The molecule has 1 N–H and O–H groups in total. The number of benzene rings is 2. The van der Waals surface area contributed by atoms with Crippen LogP contribution >= 0.6 is 0 Å². The van der Waals surface area contributed by atoms with E-state index in [9.17, 15) is 9.59 Å². The van der Waals surface area contributed by atoms with E-state index in [-0.39, 0.29) is 17.7 Å². The second-order valence-corrected chi connectivity index (χ2v) is 6.89. The van der Waals surface area contributed by atoms with Crippen LogP contribution in [0.15, 0.2) is 71.3 Å². The first-order valence-corrected chi connectivity index (χ1v) is 9.62. The van der Waals surface area contributed by atoms with Crippen molar-refractivity contribution in [3.63, 3.8) is 0 Å². The van der Waals surface area contributed by atoms with Crippen LogP contribution in [0.1, 0.15) is 36.1 Å². The molecule has 150 valence electrons. The van der Waals surface area contributed by atoms with Crippen LogP contribution in [0.4, 0.5) is 5.82 Å². The molecule has 3 aromatic rings. The van der Waals surface area contributed by atoms with E-state index in [2.05, 4.69) is 10.5 Å². The van der Waals surface area contributed by atoms with Crippen LogP contribution in [-0.4, -0.2) is 30.1 Å². The van der Waals surface area contributed by atoms with E-state index in [1.165, 1.54) is 11.8 Å². The zero-order chi connectivity index (χ0) is 20.6. The van der Waals surface area contributed by atoms with Gasteiger partial charge in [0.25, 0.3) is 0 Å². The molecule has 3 rings (SSSR count). The summed E-state index contributed by atoms with van der Waals surface area (Å²) in [6, 6.07) is 21.7. The maximum atomic E-state index is 12.6. The van der Waals surface area contributed by atoms with Crippen LogP contribution in [0.5, 0.6) is 0 Å². The Morgan fingerprint density at radius 3 is 2.10 bits per heavy atom. The Balaban J connectivity index is 1.62. The molecule has 0 saturated carbocycles. The largest absolute Gasteiger partial charge is 0.360 e. The summed E-state index contributed by atoms with van der Waals surface area (Å²) in [5.41, 5.74) is 2.19. The van der Waals surface area contributed by atoms with Crippen molar-refractivity contribution in [2.45, 2.75) is 26.2 Å². The molecule has 0 radical (unpaired) electrons. The number of nitrogens with zero attached hydrogens (tertiary/aromatic N) is 2. The van der Waals surface area contributed by atoms with Gasteiger partial charge < -0.3 is 9.84 Å². The van der Waals surface area contributed by atoms with E-state index in [1.54, 1.807) is 13.0 Å². The molecular formula is C23H25N3O3. The summed E-state index contributed by atoms with van der Waals surface area (Å²) in [4.78, 5) is 26.0. The molecule has 0 unspecified atom stereocenters. The Kier molecular flexibility index (Phi) is 6.79. The van der Waals surface area contributed by atoms with E-state index < -0.39 is 0 Å². The lowest BCUT2D eigenvalue weighted by Gasteiger charge is -2.20. The van der Waals surface area contributed by atoms with Gasteiger partial charge in [0.2, 0.25) is 11.8 Å². The maximum absolute atomic E-state index is 12.6. The molecule has 1 aromatic heterocycles. The van der Waals surface area contributed by atoms with Crippen molar-refractivity contribution >= 4 is 17.6 Å². The summed E-state index contributed by atoms with van der Waals surface area (Å²) in [5.74, 6) is 0.834. The van der Waals surface area contributed by atoms with Crippen LogP contribution in [0.25, 0.3) is 0 Å². The quantitative estimate of drug-likeness (QED) is 0.636. The SMILES string of the molecule is CC(=O)N(CCNC(=O)CC(c1ccccc1)c1ccccc1)c1cc(C)on1. The average Bonchev–Trinajstić information content (AvgIpc) is 3.16. The van der Waals surface area contributed by atoms with Gasteiger partial charge in [-0.1, -0.05) is 65.8 Å². The fraction of sp³-hybridized carbons (Fsp3) is 0.261. The number of aromatic nitrogens is 1. The maximum Gasteiger partial charge on any atom is 0.225 e. The number of nitrogens with one attached hydrogen (secondary N) is 1. The molecule has 2 amide bonds. The number of rotatable bonds is 8. The summed E-state index contributed by atoms with van der Waals surface area (Å²) in [6.07, 6.45) is 0.331. The lowest BCUT2D eigenvalue weighted by Crippen LogP contribution is -2.38. The van der Waals surface area contributed by atoms with Crippen molar-refractivity contribution in [2.24, 2.45) is 0 Å². The van der Waals surface area contributed by atoms with E-state index in [4.69, 9.17) is 4.52 Å². The van der Waals surface area contributed by atoms with E-state index in [0.29, 0.717) is 31.1 Å². The number of anilines is 1. The first kappa shape index (κ1) is 20.3. The number of carbonyl (C=O) groups is 2. The molecule has 0 bridgehead atoms. The topological polar surface area (TPSA) is 75.4 Å². The predicted molar refractivity (Wildman–Crippen MR) is 112 cm³/mol. The fourth-order valence-corrected chi connectivity index (χ4v) is 3.28. The molecule has 2 aromatic carbocycles. The van der Waals surface area contributed by atoms with Gasteiger partial charge in [-0.3, -0.25) is 14.5 Å². The molecule has 6 nitrogen and oxygen atoms in total. The molecule has 0 aliphatic heterocycles. The van der Waals surface area contributed by atoms with Crippen molar-refractivity contribution < 1.29 is 14.1 Å². The average molecular weight is 391 g/mol. The van der Waals surface area contributed by atoms with Crippen LogP contribution in [0.2, 0.25) is 0 Å². The Morgan fingerprint density at radius 1 is 1.03 bits per heavy atom. The smallest absolute Gasteiger partial charge is 0.225 e. The van der Waals surface area contributed by atoms with Gasteiger partial charge in [-0.05, 0) is 18.1 Å². The van der Waals surface area contributed by atoms with Crippen LogP contribution in [-0.2, 0) is 9.59 Å². The number of carbonyl (C=O) groups excluding carboxylic acids is 2. The molecule has 6 heteroatoms. The molecule has 1 heterocycles. The second kappa shape index (κ2) is 9.68. The van der Waals surface area contributed by atoms with Crippen LogP contribution in [0, 0.1) is 6.92 Å². The third-order valence-electron chi connectivity index (χ3n) is 4.72. The number of hydrogen-bond donors (Lipinski definition) is 1. The Hall–Kier alpha value is -3.41. The normalized spacial score (nSPS) is 10.7. The monoisotopic (exact) mass is 391 g/mol. The number of hydrogen-bond acceptors (Lipinski definition) is 4. The highest BCUT2D eigenvalue weighted by molar-refractivity contribution is 5.90. The minimum atomic E-state index is -0.154. The highest BCUT2D eigenvalue weighted by Gasteiger charge is 2.19. The van der Waals surface area contributed by atoms with Crippen molar-refractivity contribution in [1.82, 2.24) is 10.5 Å². The fourth-order valence-electron chi connectivity index (χ4n) is 3.28. The van der Waals surface area contributed by atoms with Crippen molar-refractivity contribution in [3.05, 3.63) is 83.6 Å². The zero-order valence-electron chi connectivity index (χ0n) is 16.7. The zero-order valence-corrected chi connectivity index (χ0v) is 16.7. The Bertz CT molecular complexity index is 899. The van der Waals surface area contributed by atoms with E-state index >= 15 is 0 Å². The van der Waals surface area contributed by atoms with Crippen molar-refractivity contribution in [1.29, 1.82) is 0 Å². The van der Waals surface area contributed by atoms with Crippen molar-refractivity contribution in [3.8, 4) is 0 Å². The number of aryl methyl sites for hydroxylation is 1. The van der Waals surface area contributed by atoms with Gasteiger partial charge in [-0.15, -0.1) is 0 Å². The Labute approximate surface area is 170 Å². The second-order valence-electron chi connectivity index (χ2n) is 6.89. The molecule has 0 saturated heterocycles. The van der Waals surface area contributed by atoms with Gasteiger partial charge in [0, 0.05) is 38.4 Å². The molecule has 0 spiro atoms. The minimum Gasteiger partial charge on any atom is -0.360 e. The molecule has 0 aliphatic rings. The van der Waals surface area contributed by atoms with Gasteiger partial charge >= 0.3 is 0 Å². The third kappa shape index (κ3) is 5.54. The van der Waals surface area contributed by atoms with E-state index in [1.807, 2.05) is 60.7 Å². The van der Waals surface area contributed by atoms with Gasteiger partial charge in [0.05, 0.1) is 0 Å². The van der Waals surface area contributed by atoms with Gasteiger partial charge in [-0.25, -0.2) is 0 Å². The van der Waals surface area contributed by atoms with Gasteiger partial charge in [0.15, 0.2) is 5.82 Å². The standard InChI is InChI=1S/C23H25N3O3/c1-17-15-22(25-29-17)26(18(2)27)14-13-24-23(28)16-21(19-9-5-3-6-10-19)20-11-7-4-8-12-20/h3-12,15,21H,13-14,16H2,1-2H3,(H,24,28). The van der Waals surface area contributed by atoms with Crippen LogP contribution in [0.3, 0.4) is 0 Å².